The normalized spacial score (nSPS) is 22.2. The molecule has 2 aliphatic rings. The lowest BCUT2D eigenvalue weighted by atomic mass is 9.95. The molecule has 2 aromatic rings. The Balaban J connectivity index is 1.74. The molecule has 1 amide bonds. The Kier molecular flexibility index (Phi) is 4.92. The fourth-order valence-electron chi connectivity index (χ4n) is 3.75. The molecule has 0 saturated carbocycles. The number of nitrogens with zero attached hydrogens (tertiary/aromatic N) is 1. The number of ether oxygens (including phenoxy) is 2. The van der Waals surface area contributed by atoms with Crippen molar-refractivity contribution in [3.05, 3.63) is 65.3 Å². The maximum Gasteiger partial charge on any atom is 0.290 e. The van der Waals surface area contributed by atoms with E-state index in [1.807, 2.05) is 0 Å². The largest absolute Gasteiger partial charge is 0.503 e. The van der Waals surface area contributed by atoms with Crippen molar-refractivity contribution in [2.75, 3.05) is 20.3 Å². The molecular formula is C21H21NO6. The number of rotatable bonds is 6. The second-order valence-electron chi connectivity index (χ2n) is 6.84. The summed E-state index contributed by atoms with van der Waals surface area (Å²) in [5.74, 6) is -0.893. The van der Waals surface area contributed by atoms with Crippen molar-refractivity contribution >= 4 is 11.7 Å². The minimum absolute atomic E-state index is 0.0168. The maximum absolute atomic E-state index is 13.0. The quantitative estimate of drug-likeness (QED) is 0.772. The molecule has 2 aliphatic heterocycles. The van der Waals surface area contributed by atoms with Crippen LogP contribution in [0.4, 0.5) is 0 Å². The van der Waals surface area contributed by atoms with Crippen LogP contribution in [-0.2, 0) is 9.53 Å². The first-order chi connectivity index (χ1) is 13.6. The molecule has 28 heavy (non-hydrogen) atoms. The fourth-order valence-corrected chi connectivity index (χ4v) is 3.75. The standard InChI is InChI=1S/C21H21NO6/c1-26-14-8-6-13(7-9-14)18-17(19(23)16-5-3-11-28-16)20(24)21(25)22(18)12-15-4-2-10-27-15/h3,5-9,11,15,18,24H,2,4,10,12H2,1H3/t15-,18-/m1/s1. The summed E-state index contributed by atoms with van der Waals surface area (Å²) in [5.41, 5.74) is 0.717. The van der Waals surface area contributed by atoms with Gasteiger partial charge in [-0.25, -0.2) is 0 Å². The second-order valence-corrected chi connectivity index (χ2v) is 6.84. The number of benzene rings is 1. The van der Waals surface area contributed by atoms with Crippen molar-refractivity contribution in [1.29, 1.82) is 0 Å². The number of methoxy groups -OCH3 is 1. The third-order valence-electron chi connectivity index (χ3n) is 5.15. The fraction of sp³-hybridized carbons (Fsp3) is 0.333. The Morgan fingerprint density at radius 2 is 2.07 bits per heavy atom. The van der Waals surface area contributed by atoms with Crippen LogP contribution >= 0.6 is 0 Å². The summed E-state index contributed by atoms with van der Waals surface area (Å²) < 4.78 is 16.1. The van der Waals surface area contributed by atoms with Gasteiger partial charge in [-0.2, -0.15) is 0 Å². The average molecular weight is 383 g/mol. The van der Waals surface area contributed by atoms with Crippen LogP contribution in [0.2, 0.25) is 0 Å². The molecule has 0 unspecified atom stereocenters. The summed E-state index contributed by atoms with van der Waals surface area (Å²) in [7, 11) is 1.56. The molecule has 4 rings (SSSR count). The van der Waals surface area contributed by atoms with E-state index < -0.39 is 23.5 Å². The van der Waals surface area contributed by atoms with Gasteiger partial charge in [-0.05, 0) is 42.7 Å². The molecule has 7 heteroatoms. The minimum Gasteiger partial charge on any atom is -0.503 e. The van der Waals surface area contributed by atoms with E-state index >= 15 is 0 Å². The van der Waals surface area contributed by atoms with E-state index in [1.165, 1.54) is 17.2 Å². The highest BCUT2D eigenvalue weighted by Crippen LogP contribution is 2.40. The third-order valence-corrected chi connectivity index (χ3v) is 5.15. The summed E-state index contributed by atoms with van der Waals surface area (Å²) in [6, 6.07) is 9.47. The van der Waals surface area contributed by atoms with Crippen molar-refractivity contribution in [2.24, 2.45) is 0 Å². The lowest BCUT2D eigenvalue weighted by molar-refractivity contribution is -0.131. The molecule has 7 nitrogen and oxygen atoms in total. The number of ketones is 1. The lowest BCUT2D eigenvalue weighted by Gasteiger charge is -2.28. The molecule has 1 aromatic carbocycles. The number of aliphatic hydroxyl groups is 1. The van der Waals surface area contributed by atoms with Crippen molar-refractivity contribution in [3.8, 4) is 5.75 Å². The van der Waals surface area contributed by atoms with E-state index in [-0.39, 0.29) is 17.4 Å². The van der Waals surface area contributed by atoms with E-state index in [0.29, 0.717) is 24.5 Å². The number of hydrogen-bond acceptors (Lipinski definition) is 6. The third kappa shape index (κ3) is 3.18. The summed E-state index contributed by atoms with van der Waals surface area (Å²) in [6.07, 6.45) is 3.03. The summed E-state index contributed by atoms with van der Waals surface area (Å²) in [4.78, 5) is 27.3. The van der Waals surface area contributed by atoms with Gasteiger partial charge in [0.2, 0.25) is 5.78 Å². The van der Waals surface area contributed by atoms with E-state index in [9.17, 15) is 14.7 Å². The molecule has 0 spiro atoms. The van der Waals surface area contributed by atoms with Gasteiger partial charge in [0.25, 0.3) is 5.91 Å². The van der Waals surface area contributed by atoms with Gasteiger partial charge < -0.3 is 23.9 Å². The van der Waals surface area contributed by atoms with E-state index in [2.05, 4.69) is 0 Å². The Morgan fingerprint density at radius 1 is 1.29 bits per heavy atom. The van der Waals surface area contributed by atoms with Gasteiger partial charge in [0.15, 0.2) is 11.5 Å². The number of amides is 1. The Labute approximate surface area is 162 Å². The summed E-state index contributed by atoms with van der Waals surface area (Å²) >= 11 is 0. The Hall–Kier alpha value is -3.06. The van der Waals surface area contributed by atoms with E-state index in [4.69, 9.17) is 13.9 Å². The van der Waals surface area contributed by atoms with Crippen molar-refractivity contribution in [1.82, 2.24) is 4.90 Å². The van der Waals surface area contributed by atoms with E-state index in [1.54, 1.807) is 37.4 Å². The molecule has 2 atom stereocenters. The van der Waals surface area contributed by atoms with Crippen LogP contribution in [0.3, 0.4) is 0 Å². The molecule has 1 saturated heterocycles. The number of aliphatic hydroxyl groups excluding tert-OH is 1. The zero-order valence-corrected chi connectivity index (χ0v) is 15.5. The Bertz CT molecular complexity index is 893. The number of hydrogen-bond donors (Lipinski definition) is 1. The van der Waals surface area contributed by atoms with Gasteiger partial charge in [0.05, 0.1) is 31.1 Å². The SMILES string of the molecule is COc1ccc([C@@H]2C(C(=O)c3ccco3)=C(O)C(=O)N2C[C@H]2CCCO2)cc1. The highest BCUT2D eigenvalue weighted by atomic mass is 16.5. The van der Waals surface area contributed by atoms with Gasteiger partial charge in [-0.15, -0.1) is 0 Å². The maximum atomic E-state index is 13.0. The highest BCUT2D eigenvalue weighted by molar-refractivity contribution is 6.15. The van der Waals surface area contributed by atoms with Crippen LogP contribution in [0.1, 0.15) is 35.0 Å². The monoisotopic (exact) mass is 383 g/mol. The first kappa shape index (κ1) is 18.3. The molecule has 0 radical (unpaired) electrons. The van der Waals surface area contributed by atoms with Crippen molar-refractivity contribution in [3.63, 3.8) is 0 Å². The molecular weight excluding hydrogens is 362 g/mol. The topological polar surface area (TPSA) is 89.2 Å². The molecule has 3 heterocycles. The molecule has 146 valence electrons. The predicted molar refractivity (Wildman–Crippen MR) is 99.1 cm³/mol. The van der Waals surface area contributed by atoms with Gasteiger partial charge >= 0.3 is 0 Å². The number of Topliss-reactive ketones (excluding diaryl/α,β-unsaturated/α-hetero) is 1. The highest BCUT2D eigenvalue weighted by Gasteiger charge is 2.45. The van der Waals surface area contributed by atoms with Crippen LogP contribution in [-0.4, -0.2) is 48.1 Å². The van der Waals surface area contributed by atoms with E-state index in [0.717, 1.165) is 12.8 Å². The lowest BCUT2D eigenvalue weighted by Crippen LogP contribution is -2.37. The second kappa shape index (κ2) is 7.52. The van der Waals surface area contributed by atoms with Crippen LogP contribution in [0.25, 0.3) is 0 Å². The zero-order valence-electron chi connectivity index (χ0n) is 15.5. The van der Waals surface area contributed by atoms with Crippen LogP contribution in [0.15, 0.2) is 58.4 Å². The van der Waals surface area contributed by atoms with Gasteiger partial charge in [-0.3, -0.25) is 9.59 Å². The minimum atomic E-state index is -0.722. The molecule has 0 aliphatic carbocycles. The molecule has 0 bridgehead atoms. The molecule has 1 aromatic heterocycles. The van der Waals surface area contributed by atoms with Crippen molar-refractivity contribution < 1.29 is 28.6 Å². The smallest absolute Gasteiger partial charge is 0.290 e. The average Bonchev–Trinajstić information content (AvgIpc) is 3.46. The van der Waals surface area contributed by atoms with Gasteiger partial charge in [-0.1, -0.05) is 12.1 Å². The number of carbonyl (C=O) groups excluding carboxylic acids is 2. The molecule has 1 fully saturated rings. The van der Waals surface area contributed by atoms with Crippen LogP contribution in [0.5, 0.6) is 5.75 Å². The van der Waals surface area contributed by atoms with Gasteiger partial charge in [0.1, 0.15) is 5.75 Å². The summed E-state index contributed by atoms with van der Waals surface area (Å²) in [5, 5.41) is 10.6. The van der Waals surface area contributed by atoms with Crippen LogP contribution < -0.4 is 4.74 Å². The van der Waals surface area contributed by atoms with Crippen LogP contribution in [0, 0.1) is 0 Å². The number of carbonyl (C=O) groups is 2. The molecule has 1 N–H and O–H groups in total. The first-order valence-electron chi connectivity index (χ1n) is 9.18. The summed E-state index contributed by atoms with van der Waals surface area (Å²) in [6.45, 7) is 0.950. The Morgan fingerprint density at radius 3 is 2.68 bits per heavy atom. The van der Waals surface area contributed by atoms with Gasteiger partial charge in [0, 0.05) is 13.2 Å². The predicted octanol–water partition coefficient (Wildman–Crippen LogP) is 3.05. The number of furan rings is 1. The zero-order chi connectivity index (χ0) is 19.7. The first-order valence-corrected chi connectivity index (χ1v) is 9.18. The van der Waals surface area contributed by atoms with Crippen molar-refractivity contribution in [2.45, 2.75) is 25.0 Å².